The quantitative estimate of drug-likeness (QED) is 0.729. The molecule has 0 fully saturated rings. The highest BCUT2D eigenvalue weighted by atomic mass is 32.1. The van der Waals surface area contributed by atoms with Crippen LogP contribution in [-0.4, -0.2) is 22.3 Å². The SMILES string of the molecule is O=C(c1cc2ccccc2[nH]1)N1CCc2sccc2C1. The van der Waals surface area contributed by atoms with Crippen LogP contribution in [0.3, 0.4) is 0 Å². The summed E-state index contributed by atoms with van der Waals surface area (Å²) in [5.41, 5.74) is 3.00. The number of aromatic nitrogens is 1. The van der Waals surface area contributed by atoms with Gasteiger partial charge >= 0.3 is 0 Å². The zero-order valence-corrected chi connectivity index (χ0v) is 11.7. The molecule has 0 saturated carbocycles. The third kappa shape index (κ3) is 1.84. The summed E-state index contributed by atoms with van der Waals surface area (Å²) in [7, 11) is 0. The minimum atomic E-state index is 0.0954. The second-order valence-corrected chi connectivity index (χ2v) is 6.12. The Morgan fingerprint density at radius 3 is 3.05 bits per heavy atom. The number of thiophene rings is 1. The van der Waals surface area contributed by atoms with Crippen molar-refractivity contribution in [3.8, 4) is 0 Å². The van der Waals surface area contributed by atoms with Gasteiger partial charge in [-0.3, -0.25) is 4.79 Å². The number of hydrogen-bond acceptors (Lipinski definition) is 2. The number of nitrogens with zero attached hydrogens (tertiary/aromatic N) is 1. The molecule has 0 atom stereocenters. The van der Waals surface area contributed by atoms with Gasteiger partial charge in [-0.15, -0.1) is 11.3 Å². The largest absolute Gasteiger partial charge is 0.351 e. The van der Waals surface area contributed by atoms with Crippen molar-refractivity contribution in [1.29, 1.82) is 0 Å². The minimum absolute atomic E-state index is 0.0954. The number of amides is 1. The normalized spacial score (nSPS) is 14.5. The first-order valence-electron chi connectivity index (χ1n) is 6.73. The van der Waals surface area contributed by atoms with E-state index >= 15 is 0 Å². The molecule has 2 aromatic heterocycles. The summed E-state index contributed by atoms with van der Waals surface area (Å²) in [4.78, 5) is 19.2. The highest BCUT2D eigenvalue weighted by molar-refractivity contribution is 7.10. The number of H-pyrrole nitrogens is 1. The Morgan fingerprint density at radius 1 is 1.25 bits per heavy atom. The smallest absolute Gasteiger partial charge is 0.270 e. The second-order valence-electron chi connectivity index (χ2n) is 5.12. The first-order chi connectivity index (χ1) is 9.81. The van der Waals surface area contributed by atoms with Crippen LogP contribution >= 0.6 is 11.3 Å². The number of aromatic amines is 1. The molecular weight excluding hydrogens is 268 g/mol. The summed E-state index contributed by atoms with van der Waals surface area (Å²) in [5, 5.41) is 3.20. The Labute approximate surface area is 120 Å². The summed E-state index contributed by atoms with van der Waals surface area (Å²) in [6, 6.07) is 12.1. The van der Waals surface area contributed by atoms with Crippen LogP contribution in [0.1, 0.15) is 20.9 Å². The van der Waals surface area contributed by atoms with Gasteiger partial charge < -0.3 is 9.88 Å². The van der Waals surface area contributed by atoms with E-state index in [1.54, 1.807) is 11.3 Å². The summed E-state index contributed by atoms with van der Waals surface area (Å²) >= 11 is 1.79. The molecule has 1 N–H and O–H groups in total. The number of hydrogen-bond donors (Lipinski definition) is 1. The van der Waals surface area contributed by atoms with Crippen molar-refractivity contribution in [3.05, 3.63) is 57.9 Å². The minimum Gasteiger partial charge on any atom is -0.351 e. The van der Waals surface area contributed by atoms with Crippen molar-refractivity contribution >= 4 is 28.1 Å². The van der Waals surface area contributed by atoms with Crippen LogP contribution in [0.2, 0.25) is 0 Å². The molecule has 0 radical (unpaired) electrons. The van der Waals surface area contributed by atoms with Crippen LogP contribution in [-0.2, 0) is 13.0 Å². The van der Waals surface area contributed by atoms with E-state index in [-0.39, 0.29) is 5.91 Å². The zero-order chi connectivity index (χ0) is 13.5. The van der Waals surface area contributed by atoms with Crippen LogP contribution in [0.15, 0.2) is 41.8 Å². The lowest BCUT2D eigenvalue weighted by molar-refractivity contribution is 0.0731. The fourth-order valence-corrected chi connectivity index (χ4v) is 3.67. The van der Waals surface area contributed by atoms with E-state index in [2.05, 4.69) is 16.4 Å². The van der Waals surface area contributed by atoms with E-state index in [1.807, 2.05) is 35.2 Å². The highest BCUT2D eigenvalue weighted by Crippen LogP contribution is 2.25. The molecule has 0 unspecified atom stereocenters. The van der Waals surface area contributed by atoms with Crippen molar-refractivity contribution in [1.82, 2.24) is 9.88 Å². The topological polar surface area (TPSA) is 36.1 Å². The van der Waals surface area contributed by atoms with Crippen LogP contribution in [0.25, 0.3) is 10.9 Å². The molecule has 4 heteroatoms. The summed E-state index contributed by atoms with van der Waals surface area (Å²) < 4.78 is 0. The number of carbonyl (C=O) groups excluding carboxylic acids is 1. The van der Waals surface area contributed by atoms with Crippen molar-refractivity contribution in [2.24, 2.45) is 0 Å². The maximum atomic E-state index is 12.6. The molecule has 0 saturated heterocycles. The van der Waals surface area contributed by atoms with Gasteiger partial charge in [-0.05, 0) is 35.6 Å². The predicted octanol–water partition coefficient (Wildman–Crippen LogP) is 3.43. The van der Waals surface area contributed by atoms with Gasteiger partial charge in [0.05, 0.1) is 0 Å². The first-order valence-corrected chi connectivity index (χ1v) is 7.61. The molecule has 3 aromatic rings. The van der Waals surface area contributed by atoms with Gasteiger partial charge in [0, 0.05) is 28.9 Å². The molecule has 0 aliphatic carbocycles. The van der Waals surface area contributed by atoms with Crippen LogP contribution < -0.4 is 0 Å². The van der Waals surface area contributed by atoms with Crippen LogP contribution in [0.5, 0.6) is 0 Å². The summed E-state index contributed by atoms with van der Waals surface area (Å²) in [6.07, 6.45) is 0.971. The van der Waals surface area contributed by atoms with E-state index in [1.165, 1.54) is 10.4 Å². The standard InChI is InChI=1S/C16H14N2OS/c19-16(14-9-11-3-1-2-4-13(11)17-14)18-7-5-15-12(10-18)6-8-20-15/h1-4,6,8-9,17H,5,7,10H2. The Kier molecular flexibility index (Phi) is 2.63. The molecule has 1 aliphatic heterocycles. The van der Waals surface area contributed by atoms with Gasteiger partial charge in [0.2, 0.25) is 0 Å². The molecule has 3 nitrogen and oxygen atoms in total. The van der Waals surface area contributed by atoms with Crippen LogP contribution in [0.4, 0.5) is 0 Å². The van der Waals surface area contributed by atoms with E-state index in [9.17, 15) is 4.79 Å². The molecule has 0 bridgehead atoms. The van der Waals surface area contributed by atoms with E-state index < -0.39 is 0 Å². The van der Waals surface area contributed by atoms with Crippen molar-refractivity contribution in [2.75, 3.05) is 6.54 Å². The second kappa shape index (κ2) is 4.49. The molecule has 1 aliphatic rings. The first kappa shape index (κ1) is 11.7. The average molecular weight is 282 g/mol. The molecular formula is C16H14N2OS. The Morgan fingerprint density at radius 2 is 2.15 bits per heavy atom. The summed E-state index contributed by atoms with van der Waals surface area (Å²) in [6.45, 7) is 1.54. The fraction of sp³-hybridized carbons (Fsp3) is 0.188. The molecule has 0 spiro atoms. The molecule has 20 heavy (non-hydrogen) atoms. The predicted molar refractivity (Wildman–Crippen MR) is 81.1 cm³/mol. The Hall–Kier alpha value is -2.07. The number of fused-ring (bicyclic) bond motifs is 2. The number of benzene rings is 1. The fourth-order valence-electron chi connectivity index (χ4n) is 2.78. The van der Waals surface area contributed by atoms with Gasteiger partial charge in [-0.2, -0.15) is 0 Å². The molecule has 4 rings (SSSR count). The van der Waals surface area contributed by atoms with E-state index in [0.29, 0.717) is 5.69 Å². The third-order valence-electron chi connectivity index (χ3n) is 3.86. The number of carbonyl (C=O) groups is 1. The van der Waals surface area contributed by atoms with Gasteiger partial charge in [-0.1, -0.05) is 18.2 Å². The lowest BCUT2D eigenvalue weighted by atomic mass is 10.1. The Bertz CT molecular complexity index is 753. The lowest BCUT2D eigenvalue weighted by Crippen LogP contribution is -2.35. The highest BCUT2D eigenvalue weighted by Gasteiger charge is 2.23. The Balaban J connectivity index is 1.64. The molecule has 1 aromatic carbocycles. The summed E-state index contributed by atoms with van der Waals surface area (Å²) in [5.74, 6) is 0.0954. The monoisotopic (exact) mass is 282 g/mol. The zero-order valence-electron chi connectivity index (χ0n) is 10.9. The van der Waals surface area contributed by atoms with E-state index in [0.717, 1.165) is 30.4 Å². The molecule has 3 heterocycles. The van der Waals surface area contributed by atoms with Crippen molar-refractivity contribution < 1.29 is 4.79 Å². The molecule has 100 valence electrons. The molecule has 1 amide bonds. The number of para-hydroxylation sites is 1. The van der Waals surface area contributed by atoms with Gasteiger partial charge in [0.25, 0.3) is 5.91 Å². The third-order valence-corrected chi connectivity index (χ3v) is 4.88. The maximum absolute atomic E-state index is 12.6. The maximum Gasteiger partial charge on any atom is 0.270 e. The average Bonchev–Trinajstić information content (AvgIpc) is 3.11. The van der Waals surface area contributed by atoms with Crippen LogP contribution in [0, 0.1) is 0 Å². The van der Waals surface area contributed by atoms with E-state index in [4.69, 9.17) is 0 Å². The van der Waals surface area contributed by atoms with Gasteiger partial charge in [-0.25, -0.2) is 0 Å². The van der Waals surface area contributed by atoms with Gasteiger partial charge in [0.15, 0.2) is 0 Å². The van der Waals surface area contributed by atoms with Gasteiger partial charge in [0.1, 0.15) is 5.69 Å². The van der Waals surface area contributed by atoms with Crippen molar-refractivity contribution in [3.63, 3.8) is 0 Å². The lowest BCUT2D eigenvalue weighted by Gasteiger charge is -2.26. The number of nitrogens with one attached hydrogen (secondary N) is 1. The number of rotatable bonds is 1. The van der Waals surface area contributed by atoms with Crippen molar-refractivity contribution in [2.45, 2.75) is 13.0 Å².